The van der Waals surface area contributed by atoms with E-state index in [1.807, 2.05) is 30.0 Å². The Hall–Kier alpha value is -1.40. The van der Waals surface area contributed by atoms with E-state index in [2.05, 4.69) is 0 Å². The highest BCUT2D eigenvalue weighted by Gasteiger charge is 2.28. The highest BCUT2D eigenvalue weighted by atomic mass is 16.5. The van der Waals surface area contributed by atoms with Crippen molar-refractivity contribution in [2.45, 2.75) is 25.4 Å². The van der Waals surface area contributed by atoms with Gasteiger partial charge >= 0.3 is 0 Å². The van der Waals surface area contributed by atoms with Gasteiger partial charge in [0.05, 0.1) is 6.10 Å². The van der Waals surface area contributed by atoms with Gasteiger partial charge in [-0.15, -0.1) is 0 Å². The molecule has 0 aromatic carbocycles. The molecule has 2 atom stereocenters. The van der Waals surface area contributed by atoms with Crippen LogP contribution in [0.15, 0.2) is 12.2 Å². The number of primary amides is 1. The van der Waals surface area contributed by atoms with E-state index >= 15 is 0 Å². The maximum atomic E-state index is 12.1. The highest BCUT2D eigenvalue weighted by Crippen LogP contribution is 2.23. The molecule has 6 heteroatoms. The molecule has 2 N–H and O–H groups in total. The van der Waals surface area contributed by atoms with E-state index < -0.39 is 0 Å². The number of nitrogens with two attached hydrogens (primary N) is 1. The molecule has 0 unspecified atom stereocenters. The standard InChI is InChI=1S/C15H27N3O3/c1-17(2)8-4-5-15(20)18-9-6-12(11-14(16)19)13(21-3)7-10-18/h4-5,12-13H,6-11H2,1-3H3,(H2,16,19)/b5-4+/t12-,13+/m1/s1. The van der Waals surface area contributed by atoms with Gasteiger partial charge in [0.25, 0.3) is 0 Å². The number of rotatable bonds is 6. The first kappa shape index (κ1) is 17.7. The molecule has 0 radical (unpaired) electrons. The molecule has 2 amide bonds. The number of carbonyl (C=O) groups excluding carboxylic acids is 2. The smallest absolute Gasteiger partial charge is 0.246 e. The Labute approximate surface area is 126 Å². The Kier molecular flexibility index (Phi) is 7.39. The third-order valence-electron chi connectivity index (χ3n) is 3.79. The molecular weight excluding hydrogens is 270 g/mol. The number of carbonyl (C=O) groups is 2. The van der Waals surface area contributed by atoms with Gasteiger partial charge in [-0.1, -0.05) is 6.08 Å². The molecule has 21 heavy (non-hydrogen) atoms. The van der Waals surface area contributed by atoms with Crippen LogP contribution in [0.2, 0.25) is 0 Å². The average molecular weight is 297 g/mol. The topological polar surface area (TPSA) is 75.9 Å². The molecule has 1 saturated heterocycles. The van der Waals surface area contributed by atoms with Gasteiger partial charge in [-0.25, -0.2) is 0 Å². The number of nitrogens with zero attached hydrogens (tertiary/aromatic N) is 2. The van der Waals surface area contributed by atoms with Crippen LogP contribution in [0.25, 0.3) is 0 Å². The second-order valence-corrected chi connectivity index (χ2v) is 5.77. The summed E-state index contributed by atoms with van der Waals surface area (Å²) < 4.78 is 5.45. The average Bonchev–Trinajstić information content (AvgIpc) is 2.60. The zero-order valence-corrected chi connectivity index (χ0v) is 13.2. The van der Waals surface area contributed by atoms with Crippen LogP contribution in [0.4, 0.5) is 0 Å². The van der Waals surface area contributed by atoms with E-state index in [9.17, 15) is 9.59 Å². The van der Waals surface area contributed by atoms with E-state index in [1.54, 1.807) is 13.2 Å². The van der Waals surface area contributed by atoms with Crippen molar-refractivity contribution in [2.24, 2.45) is 11.7 Å². The summed E-state index contributed by atoms with van der Waals surface area (Å²) in [6.45, 7) is 2.03. The number of amides is 2. The fourth-order valence-corrected chi connectivity index (χ4v) is 2.63. The third-order valence-corrected chi connectivity index (χ3v) is 3.79. The number of hydrogen-bond acceptors (Lipinski definition) is 4. The molecule has 0 saturated carbocycles. The summed E-state index contributed by atoms with van der Waals surface area (Å²) in [7, 11) is 5.56. The van der Waals surface area contributed by atoms with Gasteiger partial charge in [0.1, 0.15) is 0 Å². The van der Waals surface area contributed by atoms with E-state index in [0.717, 1.165) is 19.4 Å². The quantitative estimate of drug-likeness (QED) is 0.712. The van der Waals surface area contributed by atoms with E-state index in [-0.39, 0.29) is 23.8 Å². The molecule has 0 aromatic rings. The van der Waals surface area contributed by atoms with Crippen LogP contribution >= 0.6 is 0 Å². The number of ether oxygens (including phenoxy) is 1. The van der Waals surface area contributed by atoms with Gasteiger partial charge in [0, 0.05) is 39.2 Å². The molecule has 6 nitrogen and oxygen atoms in total. The maximum absolute atomic E-state index is 12.1. The lowest BCUT2D eigenvalue weighted by Crippen LogP contribution is -2.31. The van der Waals surface area contributed by atoms with Gasteiger partial charge in [-0.2, -0.15) is 0 Å². The van der Waals surface area contributed by atoms with Crippen molar-refractivity contribution in [1.82, 2.24) is 9.80 Å². The Bertz CT molecular complexity index is 382. The van der Waals surface area contributed by atoms with Crippen LogP contribution in [0.3, 0.4) is 0 Å². The summed E-state index contributed by atoms with van der Waals surface area (Å²) in [5.41, 5.74) is 5.29. The lowest BCUT2D eigenvalue weighted by Gasteiger charge is -2.21. The second-order valence-electron chi connectivity index (χ2n) is 5.77. The van der Waals surface area contributed by atoms with E-state index in [0.29, 0.717) is 19.5 Å². The molecular formula is C15H27N3O3. The monoisotopic (exact) mass is 297 g/mol. The molecule has 1 aliphatic heterocycles. The van der Waals surface area contributed by atoms with Crippen LogP contribution < -0.4 is 5.73 Å². The predicted molar refractivity (Wildman–Crippen MR) is 81.6 cm³/mol. The fourth-order valence-electron chi connectivity index (χ4n) is 2.63. The van der Waals surface area contributed by atoms with Crippen molar-refractivity contribution in [3.8, 4) is 0 Å². The first-order valence-electron chi connectivity index (χ1n) is 7.35. The van der Waals surface area contributed by atoms with Crippen molar-refractivity contribution < 1.29 is 14.3 Å². The third kappa shape index (κ3) is 6.27. The number of hydrogen-bond donors (Lipinski definition) is 1. The zero-order valence-electron chi connectivity index (χ0n) is 13.2. The van der Waals surface area contributed by atoms with Gasteiger partial charge in [-0.05, 0) is 32.9 Å². The normalized spacial score (nSPS) is 23.5. The Balaban J connectivity index is 2.58. The SMILES string of the molecule is CO[C@H]1CCN(C(=O)/C=C/CN(C)C)CC[C@@H]1CC(N)=O. The highest BCUT2D eigenvalue weighted by molar-refractivity contribution is 5.87. The van der Waals surface area contributed by atoms with Gasteiger partial charge in [0.2, 0.25) is 11.8 Å². The van der Waals surface area contributed by atoms with Gasteiger partial charge in [0.15, 0.2) is 0 Å². The molecule has 1 heterocycles. The molecule has 120 valence electrons. The molecule has 0 bridgehead atoms. The zero-order chi connectivity index (χ0) is 15.8. The Morgan fingerprint density at radius 2 is 2.00 bits per heavy atom. The lowest BCUT2D eigenvalue weighted by atomic mass is 9.93. The summed E-state index contributed by atoms with van der Waals surface area (Å²) in [5.74, 6) is -0.199. The largest absolute Gasteiger partial charge is 0.381 e. The molecule has 1 fully saturated rings. The first-order valence-corrected chi connectivity index (χ1v) is 7.35. The lowest BCUT2D eigenvalue weighted by molar-refractivity contribution is -0.126. The van der Waals surface area contributed by atoms with Crippen LogP contribution in [0, 0.1) is 5.92 Å². The molecule has 0 aromatic heterocycles. The summed E-state index contributed by atoms with van der Waals surface area (Å²) >= 11 is 0. The van der Waals surface area contributed by atoms with Crippen LogP contribution in [0.5, 0.6) is 0 Å². The number of likely N-dealkylation sites (tertiary alicyclic amines) is 1. The minimum atomic E-state index is -0.312. The maximum Gasteiger partial charge on any atom is 0.246 e. The first-order chi connectivity index (χ1) is 9.93. The molecule has 0 spiro atoms. The van der Waals surface area contributed by atoms with Crippen molar-refractivity contribution in [3.63, 3.8) is 0 Å². The summed E-state index contributed by atoms with van der Waals surface area (Å²) in [4.78, 5) is 27.1. The van der Waals surface area contributed by atoms with Crippen LogP contribution in [-0.2, 0) is 14.3 Å². The van der Waals surface area contributed by atoms with Gasteiger partial charge in [-0.3, -0.25) is 9.59 Å². The van der Waals surface area contributed by atoms with Gasteiger partial charge < -0.3 is 20.3 Å². The van der Waals surface area contributed by atoms with Crippen LogP contribution in [-0.4, -0.2) is 68.6 Å². The van der Waals surface area contributed by atoms with Crippen molar-refractivity contribution in [2.75, 3.05) is 40.8 Å². The minimum Gasteiger partial charge on any atom is -0.381 e. The number of likely N-dealkylation sites (N-methyl/N-ethyl adjacent to an activating group) is 1. The molecule has 1 aliphatic rings. The summed E-state index contributed by atoms with van der Waals surface area (Å²) in [5, 5.41) is 0. The van der Waals surface area contributed by atoms with E-state index in [4.69, 9.17) is 10.5 Å². The fraction of sp³-hybridized carbons (Fsp3) is 0.733. The van der Waals surface area contributed by atoms with Crippen molar-refractivity contribution >= 4 is 11.8 Å². The molecule has 1 rings (SSSR count). The van der Waals surface area contributed by atoms with Crippen molar-refractivity contribution in [1.29, 1.82) is 0 Å². The summed E-state index contributed by atoms with van der Waals surface area (Å²) in [6, 6.07) is 0. The Morgan fingerprint density at radius 3 is 2.57 bits per heavy atom. The molecule has 0 aliphatic carbocycles. The predicted octanol–water partition coefficient (Wildman–Crippen LogP) is 0.233. The minimum absolute atomic E-state index is 0.0129. The van der Waals surface area contributed by atoms with E-state index in [1.165, 1.54) is 0 Å². The van der Waals surface area contributed by atoms with Crippen molar-refractivity contribution in [3.05, 3.63) is 12.2 Å². The summed E-state index contributed by atoms with van der Waals surface area (Å²) in [6.07, 6.45) is 5.27. The van der Waals surface area contributed by atoms with Crippen LogP contribution in [0.1, 0.15) is 19.3 Å². The second kappa shape index (κ2) is 8.79. The number of methoxy groups -OCH3 is 1. The Morgan fingerprint density at radius 1 is 1.33 bits per heavy atom.